The number of carbonyl (C=O) groups excluding carboxylic acids is 1. The van der Waals surface area contributed by atoms with Crippen LogP contribution in [0.4, 0.5) is 0 Å². The van der Waals surface area contributed by atoms with Gasteiger partial charge >= 0.3 is 0 Å². The topological polar surface area (TPSA) is 34.4 Å². The van der Waals surface area contributed by atoms with Crippen molar-refractivity contribution >= 4 is 39.2 Å². The van der Waals surface area contributed by atoms with Crippen molar-refractivity contribution in [3.63, 3.8) is 0 Å². The Labute approximate surface area is 162 Å². The molecule has 5 heteroatoms. The monoisotopic (exact) mass is 382 g/mol. The molecule has 3 nitrogen and oxygen atoms in total. The number of benzene rings is 2. The number of aryl methyl sites for hydroxylation is 1. The molecular formula is C21H22N2OS2. The summed E-state index contributed by atoms with van der Waals surface area (Å²) in [7, 11) is 0. The van der Waals surface area contributed by atoms with E-state index in [9.17, 15) is 4.79 Å². The Morgan fingerprint density at radius 1 is 1.27 bits per heavy atom. The molecule has 1 amide bonds. The second kappa shape index (κ2) is 9.01. The van der Waals surface area contributed by atoms with E-state index in [0.717, 1.165) is 27.2 Å². The van der Waals surface area contributed by atoms with E-state index in [1.54, 1.807) is 23.1 Å². The van der Waals surface area contributed by atoms with Gasteiger partial charge in [-0.3, -0.25) is 4.79 Å². The van der Waals surface area contributed by atoms with Gasteiger partial charge in [-0.2, -0.15) is 4.99 Å². The van der Waals surface area contributed by atoms with Crippen molar-refractivity contribution in [3.05, 3.63) is 71.6 Å². The number of amides is 1. The van der Waals surface area contributed by atoms with Gasteiger partial charge in [0.25, 0.3) is 0 Å². The van der Waals surface area contributed by atoms with E-state index in [-0.39, 0.29) is 5.91 Å². The summed E-state index contributed by atoms with van der Waals surface area (Å²) >= 11 is 3.26. The van der Waals surface area contributed by atoms with Gasteiger partial charge in [-0.15, -0.1) is 18.3 Å². The smallest absolute Gasteiger partial charge is 0.249 e. The molecule has 0 aliphatic carbocycles. The van der Waals surface area contributed by atoms with Gasteiger partial charge in [0, 0.05) is 23.6 Å². The molecule has 0 atom stereocenters. The SMILES string of the molecule is C=CCn1c(=NC(=O)CCSc2ccccc2)sc2cc(CC)ccc21. The summed E-state index contributed by atoms with van der Waals surface area (Å²) in [6.45, 7) is 6.63. The number of aromatic nitrogens is 1. The highest BCUT2D eigenvalue weighted by molar-refractivity contribution is 7.99. The first-order valence-corrected chi connectivity index (χ1v) is 10.5. The van der Waals surface area contributed by atoms with E-state index < -0.39 is 0 Å². The van der Waals surface area contributed by atoms with Gasteiger partial charge < -0.3 is 4.57 Å². The quantitative estimate of drug-likeness (QED) is 0.423. The lowest BCUT2D eigenvalue weighted by atomic mass is 10.2. The predicted molar refractivity (Wildman–Crippen MR) is 112 cm³/mol. The van der Waals surface area contributed by atoms with E-state index in [0.29, 0.717) is 13.0 Å². The Kier molecular flexibility index (Phi) is 6.47. The zero-order valence-electron chi connectivity index (χ0n) is 14.9. The number of fused-ring (bicyclic) bond motifs is 1. The molecule has 26 heavy (non-hydrogen) atoms. The lowest BCUT2D eigenvalue weighted by molar-refractivity contribution is -0.117. The van der Waals surface area contributed by atoms with Crippen LogP contribution in [0.3, 0.4) is 0 Å². The number of hydrogen-bond acceptors (Lipinski definition) is 3. The molecule has 0 aliphatic heterocycles. The van der Waals surface area contributed by atoms with Crippen molar-refractivity contribution in [2.75, 3.05) is 5.75 Å². The van der Waals surface area contributed by atoms with Crippen LogP contribution < -0.4 is 4.80 Å². The molecule has 2 aromatic carbocycles. The molecule has 0 spiro atoms. The standard InChI is InChI=1S/C21H22N2OS2/c1-3-13-23-18-11-10-16(4-2)15-19(18)26-21(23)22-20(24)12-14-25-17-8-6-5-7-9-17/h3,5-11,15H,1,4,12-14H2,2H3. The average Bonchev–Trinajstić information content (AvgIpc) is 2.99. The summed E-state index contributed by atoms with van der Waals surface area (Å²) in [4.78, 5) is 18.7. The molecule has 0 bridgehead atoms. The molecule has 1 heterocycles. The largest absolute Gasteiger partial charge is 0.313 e. The minimum Gasteiger partial charge on any atom is -0.313 e. The van der Waals surface area contributed by atoms with Crippen LogP contribution in [-0.2, 0) is 17.8 Å². The molecule has 0 unspecified atom stereocenters. The highest BCUT2D eigenvalue weighted by Gasteiger charge is 2.08. The third kappa shape index (κ3) is 4.54. The minimum atomic E-state index is -0.0754. The fourth-order valence-corrected chi connectivity index (χ4v) is 4.65. The van der Waals surface area contributed by atoms with Crippen LogP contribution in [0.1, 0.15) is 18.9 Å². The molecule has 0 aliphatic rings. The number of nitrogens with zero attached hydrogens (tertiary/aromatic N) is 2. The first-order valence-electron chi connectivity index (χ1n) is 8.70. The van der Waals surface area contributed by atoms with Gasteiger partial charge in [0.05, 0.1) is 10.2 Å². The van der Waals surface area contributed by atoms with Gasteiger partial charge in [0.2, 0.25) is 5.91 Å². The molecule has 0 saturated heterocycles. The second-order valence-electron chi connectivity index (χ2n) is 5.86. The maximum atomic E-state index is 12.3. The van der Waals surface area contributed by atoms with Crippen LogP contribution in [0.2, 0.25) is 0 Å². The number of allylic oxidation sites excluding steroid dienone is 1. The summed E-state index contributed by atoms with van der Waals surface area (Å²) < 4.78 is 3.23. The highest BCUT2D eigenvalue weighted by Crippen LogP contribution is 2.20. The van der Waals surface area contributed by atoms with Crippen LogP contribution in [0.25, 0.3) is 10.2 Å². The van der Waals surface area contributed by atoms with Crippen molar-refractivity contribution in [3.8, 4) is 0 Å². The maximum absolute atomic E-state index is 12.3. The van der Waals surface area contributed by atoms with Crippen molar-refractivity contribution in [1.82, 2.24) is 4.57 Å². The normalized spacial score (nSPS) is 11.8. The summed E-state index contributed by atoms with van der Waals surface area (Å²) in [6, 6.07) is 16.6. The third-order valence-electron chi connectivity index (χ3n) is 4.02. The van der Waals surface area contributed by atoms with E-state index in [4.69, 9.17) is 0 Å². The van der Waals surface area contributed by atoms with E-state index >= 15 is 0 Å². The zero-order chi connectivity index (χ0) is 18.4. The molecule has 0 fully saturated rings. The molecule has 0 saturated carbocycles. The van der Waals surface area contributed by atoms with Gasteiger partial charge in [-0.05, 0) is 36.2 Å². The maximum Gasteiger partial charge on any atom is 0.249 e. The van der Waals surface area contributed by atoms with E-state index in [2.05, 4.69) is 53.4 Å². The van der Waals surface area contributed by atoms with E-state index in [1.165, 1.54) is 10.5 Å². The van der Waals surface area contributed by atoms with Gasteiger partial charge in [-0.25, -0.2) is 0 Å². The Balaban J connectivity index is 1.79. The van der Waals surface area contributed by atoms with Crippen LogP contribution in [-0.4, -0.2) is 16.2 Å². The lowest BCUT2D eigenvalue weighted by Crippen LogP contribution is -2.16. The van der Waals surface area contributed by atoms with Crippen molar-refractivity contribution < 1.29 is 4.79 Å². The number of rotatable bonds is 7. The Morgan fingerprint density at radius 3 is 2.81 bits per heavy atom. The summed E-state index contributed by atoms with van der Waals surface area (Å²) in [5.41, 5.74) is 2.40. The second-order valence-corrected chi connectivity index (χ2v) is 8.03. The zero-order valence-corrected chi connectivity index (χ0v) is 16.5. The summed E-state index contributed by atoms with van der Waals surface area (Å²) in [5, 5.41) is 0. The van der Waals surface area contributed by atoms with Gasteiger partial charge in [-0.1, -0.05) is 48.6 Å². The molecular weight excluding hydrogens is 360 g/mol. The van der Waals surface area contributed by atoms with Crippen LogP contribution in [0, 0.1) is 0 Å². The first-order chi connectivity index (χ1) is 12.7. The number of thioether (sulfide) groups is 1. The average molecular weight is 383 g/mol. The Hall–Kier alpha value is -2.11. The number of carbonyl (C=O) groups is 1. The van der Waals surface area contributed by atoms with Gasteiger partial charge in [0.15, 0.2) is 4.80 Å². The molecule has 1 aromatic heterocycles. The van der Waals surface area contributed by atoms with Crippen LogP contribution >= 0.6 is 23.1 Å². The Bertz CT molecular complexity index is 971. The highest BCUT2D eigenvalue weighted by atomic mass is 32.2. The molecule has 134 valence electrons. The van der Waals surface area contributed by atoms with E-state index in [1.807, 2.05) is 24.3 Å². The third-order valence-corrected chi connectivity index (χ3v) is 6.07. The minimum absolute atomic E-state index is 0.0754. The Morgan fingerprint density at radius 2 is 2.08 bits per heavy atom. The lowest BCUT2D eigenvalue weighted by Gasteiger charge is -2.02. The summed E-state index contributed by atoms with van der Waals surface area (Å²) in [6.07, 6.45) is 3.27. The molecule has 0 radical (unpaired) electrons. The fourth-order valence-electron chi connectivity index (χ4n) is 2.66. The first kappa shape index (κ1) is 18.7. The van der Waals surface area contributed by atoms with Crippen molar-refractivity contribution in [1.29, 1.82) is 0 Å². The van der Waals surface area contributed by atoms with Crippen LogP contribution in [0.15, 0.2) is 71.1 Å². The number of hydrogen-bond donors (Lipinski definition) is 0. The fraction of sp³-hybridized carbons (Fsp3) is 0.238. The summed E-state index contributed by atoms with van der Waals surface area (Å²) in [5.74, 6) is 0.659. The van der Waals surface area contributed by atoms with Gasteiger partial charge in [0.1, 0.15) is 0 Å². The van der Waals surface area contributed by atoms with Crippen molar-refractivity contribution in [2.45, 2.75) is 31.2 Å². The molecule has 0 N–H and O–H groups in total. The van der Waals surface area contributed by atoms with Crippen molar-refractivity contribution in [2.24, 2.45) is 4.99 Å². The number of thiazole rings is 1. The molecule has 3 rings (SSSR count). The van der Waals surface area contributed by atoms with Crippen LogP contribution in [0.5, 0.6) is 0 Å². The predicted octanol–water partition coefficient (Wildman–Crippen LogP) is 5.06. The molecule has 3 aromatic rings.